The Kier molecular flexibility index (Phi) is 4.66. The number of carbonyl (C=O) groups excluding carboxylic acids is 1. The molecule has 0 bridgehead atoms. The molecule has 1 amide bonds. The summed E-state index contributed by atoms with van der Waals surface area (Å²) < 4.78 is 0. The molecule has 1 aromatic heterocycles. The Hall–Kier alpha value is -1.56. The molecule has 3 rings (SSSR count). The fourth-order valence-corrected chi connectivity index (χ4v) is 3.14. The number of benzene rings is 1. The Labute approximate surface area is 138 Å². The second kappa shape index (κ2) is 6.69. The Balaban J connectivity index is 1.59. The SMILES string of the molecule is O=C(NCCc1cc(Cl)cc(Cl)c1)c1n[nH]c2c1CNCC2. The molecule has 22 heavy (non-hydrogen) atoms. The number of hydrogen-bond acceptors (Lipinski definition) is 3. The van der Waals surface area contributed by atoms with Gasteiger partial charge in [-0.25, -0.2) is 0 Å². The number of halogens is 2. The molecule has 5 nitrogen and oxygen atoms in total. The van der Waals surface area contributed by atoms with E-state index in [9.17, 15) is 4.79 Å². The second-order valence-corrected chi connectivity index (χ2v) is 6.11. The summed E-state index contributed by atoms with van der Waals surface area (Å²) in [6.45, 7) is 2.09. The van der Waals surface area contributed by atoms with Gasteiger partial charge in [-0.05, 0) is 30.2 Å². The van der Waals surface area contributed by atoms with Crippen LogP contribution in [0.15, 0.2) is 18.2 Å². The molecule has 0 unspecified atom stereocenters. The normalized spacial score (nSPS) is 13.7. The molecule has 1 aliphatic heterocycles. The van der Waals surface area contributed by atoms with Crippen molar-refractivity contribution in [1.82, 2.24) is 20.8 Å². The van der Waals surface area contributed by atoms with Gasteiger partial charge in [-0.3, -0.25) is 9.89 Å². The first-order valence-electron chi connectivity index (χ1n) is 7.13. The van der Waals surface area contributed by atoms with E-state index in [0.717, 1.165) is 29.8 Å². The van der Waals surface area contributed by atoms with Gasteiger partial charge in [0.2, 0.25) is 0 Å². The zero-order chi connectivity index (χ0) is 15.5. The van der Waals surface area contributed by atoms with Gasteiger partial charge < -0.3 is 10.6 Å². The van der Waals surface area contributed by atoms with Crippen LogP contribution in [0, 0.1) is 0 Å². The number of nitrogens with one attached hydrogen (secondary N) is 3. The highest BCUT2D eigenvalue weighted by Crippen LogP contribution is 2.19. The number of aromatic amines is 1. The maximum Gasteiger partial charge on any atom is 0.272 e. The predicted octanol–water partition coefficient (Wildman–Crippen LogP) is 2.33. The van der Waals surface area contributed by atoms with Crippen LogP contribution in [0.25, 0.3) is 0 Å². The van der Waals surface area contributed by atoms with Crippen LogP contribution in [-0.2, 0) is 19.4 Å². The fraction of sp³-hybridized carbons (Fsp3) is 0.333. The highest BCUT2D eigenvalue weighted by molar-refractivity contribution is 6.34. The van der Waals surface area contributed by atoms with Gasteiger partial charge in [-0.1, -0.05) is 23.2 Å². The zero-order valence-electron chi connectivity index (χ0n) is 11.9. The predicted molar refractivity (Wildman–Crippen MR) is 86.5 cm³/mol. The lowest BCUT2D eigenvalue weighted by atomic mass is 10.1. The molecule has 116 valence electrons. The van der Waals surface area contributed by atoms with Gasteiger partial charge in [0.1, 0.15) is 0 Å². The first kappa shape index (κ1) is 15.3. The molecule has 0 fully saturated rings. The number of hydrogen-bond donors (Lipinski definition) is 3. The number of rotatable bonds is 4. The summed E-state index contributed by atoms with van der Waals surface area (Å²) in [5.74, 6) is -0.158. The summed E-state index contributed by atoms with van der Waals surface area (Å²) in [6.07, 6.45) is 1.54. The molecule has 1 aliphatic rings. The molecule has 2 aromatic rings. The molecule has 0 radical (unpaired) electrons. The van der Waals surface area contributed by atoms with E-state index in [1.165, 1.54) is 0 Å². The molecule has 0 atom stereocenters. The number of amides is 1. The number of carbonyl (C=O) groups is 1. The van der Waals surface area contributed by atoms with E-state index in [4.69, 9.17) is 23.2 Å². The Bertz CT molecular complexity index is 679. The monoisotopic (exact) mass is 338 g/mol. The van der Waals surface area contributed by atoms with Crippen molar-refractivity contribution in [3.63, 3.8) is 0 Å². The molecule has 0 saturated carbocycles. The first-order valence-corrected chi connectivity index (χ1v) is 7.89. The molecule has 1 aromatic carbocycles. The quantitative estimate of drug-likeness (QED) is 0.801. The summed E-state index contributed by atoms with van der Waals surface area (Å²) in [5, 5.41) is 14.4. The minimum Gasteiger partial charge on any atom is -0.350 e. The molecule has 3 N–H and O–H groups in total. The van der Waals surface area contributed by atoms with Crippen LogP contribution in [0.1, 0.15) is 27.3 Å². The summed E-state index contributed by atoms with van der Waals surface area (Å²) >= 11 is 11.9. The molecule has 0 spiro atoms. The van der Waals surface area contributed by atoms with Crippen LogP contribution in [0.2, 0.25) is 10.0 Å². The van der Waals surface area contributed by atoms with Crippen molar-refractivity contribution in [2.24, 2.45) is 0 Å². The van der Waals surface area contributed by atoms with Crippen molar-refractivity contribution >= 4 is 29.1 Å². The van der Waals surface area contributed by atoms with Gasteiger partial charge in [-0.2, -0.15) is 5.10 Å². The van der Waals surface area contributed by atoms with Gasteiger partial charge in [0.05, 0.1) is 0 Å². The van der Waals surface area contributed by atoms with Gasteiger partial charge in [0, 0.05) is 47.4 Å². The van der Waals surface area contributed by atoms with E-state index >= 15 is 0 Å². The molecule has 0 saturated heterocycles. The molecular formula is C15H16Cl2N4O. The highest BCUT2D eigenvalue weighted by Gasteiger charge is 2.21. The summed E-state index contributed by atoms with van der Waals surface area (Å²) in [5.41, 5.74) is 3.48. The maximum absolute atomic E-state index is 12.2. The third-order valence-electron chi connectivity index (χ3n) is 3.64. The molecule has 7 heteroatoms. The van der Waals surface area contributed by atoms with Crippen molar-refractivity contribution in [1.29, 1.82) is 0 Å². The van der Waals surface area contributed by atoms with Crippen LogP contribution >= 0.6 is 23.2 Å². The van der Waals surface area contributed by atoms with Crippen molar-refractivity contribution in [3.05, 3.63) is 50.8 Å². The van der Waals surface area contributed by atoms with Crippen molar-refractivity contribution in [2.75, 3.05) is 13.1 Å². The highest BCUT2D eigenvalue weighted by atomic mass is 35.5. The third-order valence-corrected chi connectivity index (χ3v) is 4.08. The van der Waals surface area contributed by atoms with Crippen LogP contribution in [-0.4, -0.2) is 29.2 Å². The number of aromatic nitrogens is 2. The third kappa shape index (κ3) is 3.43. The molecule has 0 aliphatic carbocycles. The zero-order valence-corrected chi connectivity index (χ0v) is 13.4. The first-order chi connectivity index (χ1) is 10.6. The fourth-order valence-electron chi connectivity index (χ4n) is 2.57. The van der Waals surface area contributed by atoms with E-state index in [1.54, 1.807) is 6.07 Å². The summed E-state index contributed by atoms with van der Waals surface area (Å²) in [4.78, 5) is 12.2. The van der Waals surface area contributed by atoms with E-state index in [-0.39, 0.29) is 5.91 Å². The lowest BCUT2D eigenvalue weighted by Crippen LogP contribution is -2.29. The maximum atomic E-state index is 12.2. The lowest BCUT2D eigenvalue weighted by molar-refractivity contribution is 0.0948. The standard InChI is InChI=1S/C15H16Cl2N4O/c16-10-5-9(6-11(17)7-10)1-4-19-15(22)14-12-8-18-3-2-13(12)20-21-14/h5-7,18H,1-4,8H2,(H,19,22)(H,20,21). The number of H-pyrrole nitrogens is 1. The van der Waals surface area contributed by atoms with Crippen LogP contribution in [0.5, 0.6) is 0 Å². The average Bonchev–Trinajstić information content (AvgIpc) is 2.90. The second-order valence-electron chi connectivity index (χ2n) is 5.24. The van der Waals surface area contributed by atoms with Gasteiger partial charge in [-0.15, -0.1) is 0 Å². The minimum absolute atomic E-state index is 0.158. The minimum atomic E-state index is -0.158. The van der Waals surface area contributed by atoms with E-state index in [1.807, 2.05) is 12.1 Å². The Morgan fingerprint density at radius 1 is 1.27 bits per heavy atom. The number of fused-ring (bicyclic) bond motifs is 1. The van der Waals surface area contributed by atoms with E-state index in [2.05, 4.69) is 20.8 Å². The smallest absolute Gasteiger partial charge is 0.272 e. The van der Waals surface area contributed by atoms with Gasteiger partial charge in [0.25, 0.3) is 5.91 Å². The topological polar surface area (TPSA) is 69.8 Å². The van der Waals surface area contributed by atoms with Crippen LogP contribution in [0.4, 0.5) is 0 Å². The number of nitrogens with zero attached hydrogens (tertiary/aromatic N) is 1. The van der Waals surface area contributed by atoms with Gasteiger partial charge in [0.15, 0.2) is 5.69 Å². The lowest BCUT2D eigenvalue weighted by Gasteiger charge is -2.12. The van der Waals surface area contributed by atoms with Gasteiger partial charge >= 0.3 is 0 Å². The van der Waals surface area contributed by atoms with E-state index < -0.39 is 0 Å². The molecular weight excluding hydrogens is 323 g/mol. The Morgan fingerprint density at radius 3 is 2.82 bits per heavy atom. The summed E-state index contributed by atoms with van der Waals surface area (Å²) in [7, 11) is 0. The molecule has 2 heterocycles. The van der Waals surface area contributed by atoms with E-state index in [0.29, 0.717) is 35.2 Å². The van der Waals surface area contributed by atoms with Crippen molar-refractivity contribution in [3.8, 4) is 0 Å². The summed E-state index contributed by atoms with van der Waals surface area (Å²) in [6, 6.07) is 5.38. The van der Waals surface area contributed by atoms with Crippen LogP contribution < -0.4 is 10.6 Å². The van der Waals surface area contributed by atoms with Crippen LogP contribution in [0.3, 0.4) is 0 Å². The van der Waals surface area contributed by atoms with Crippen molar-refractivity contribution in [2.45, 2.75) is 19.4 Å². The largest absolute Gasteiger partial charge is 0.350 e. The average molecular weight is 339 g/mol. The van der Waals surface area contributed by atoms with Crippen molar-refractivity contribution < 1.29 is 4.79 Å². The Morgan fingerprint density at radius 2 is 2.05 bits per heavy atom.